The summed E-state index contributed by atoms with van der Waals surface area (Å²) in [7, 11) is 0. The summed E-state index contributed by atoms with van der Waals surface area (Å²) in [5.74, 6) is 0.359. The minimum absolute atomic E-state index is 0.101. The Balaban J connectivity index is 1.42. The summed E-state index contributed by atoms with van der Waals surface area (Å²) in [5.41, 5.74) is 1.08. The molecule has 2 aliphatic rings. The lowest BCUT2D eigenvalue weighted by Crippen LogP contribution is -2.45. The highest BCUT2D eigenvalue weighted by Gasteiger charge is 2.40. The van der Waals surface area contributed by atoms with E-state index in [0.717, 1.165) is 18.4 Å². The van der Waals surface area contributed by atoms with Crippen LogP contribution < -0.4 is 5.32 Å². The first-order chi connectivity index (χ1) is 13.0. The number of hydrogen-bond donors (Lipinski definition) is 2. The van der Waals surface area contributed by atoms with Crippen molar-refractivity contribution in [3.05, 3.63) is 52.4 Å². The fourth-order valence-electron chi connectivity index (χ4n) is 3.29. The van der Waals surface area contributed by atoms with Crippen LogP contribution >= 0.6 is 11.6 Å². The molecule has 27 heavy (non-hydrogen) atoms. The van der Waals surface area contributed by atoms with Crippen molar-refractivity contribution in [2.24, 2.45) is 0 Å². The number of β-amino-alcohol motifs (C(OH)–C–C–N with tert-alkyl or cyclic N) is 1. The highest BCUT2D eigenvalue weighted by Crippen LogP contribution is 2.40. The molecule has 1 saturated heterocycles. The minimum Gasteiger partial charge on any atom is -0.391 e. The number of carbonyl (C=O) groups is 2. The number of likely N-dealkylation sites (tertiary alicyclic amines) is 1. The van der Waals surface area contributed by atoms with Gasteiger partial charge in [-0.2, -0.15) is 0 Å². The van der Waals surface area contributed by atoms with E-state index in [1.165, 1.54) is 4.90 Å². The monoisotopic (exact) mass is 389 g/mol. The van der Waals surface area contributed by atoms with Crippen molar-refractivity contribution in [3.63, 3.8) is 0 Å². The maximum Gasteiger partial charge on any atom is 0.276 e. The van der Waals surface area contributed by atoms with Crippen LogP contribution in [-0.2, 0) is 11.3 Å². The van der Waals surface area contributed by atoms with E-state index in [1.54, 1.807) is 18.2 Å². The van der Waals surface area contributed by atoms with Gasteiger partial charge >= 0.3 is 0 Å². The van der Waals surface area contributed by atoms with Crippen molar-refractivity contribution < 1.29 is 19.2 Å². The fraction of sp³-hybridized carbons (Fsp3) is 0.421. The largest absolute Gasteiger partial charge is 0.391 e. The summed E-state index contributed by atoms with van der Waals surface area (Å²) in [5, 5.41) is 17.3. The Morgan fingerprint density at radius 2 is 2.04 bits per heavy atom. The molecule has 2 aromatic rings. The second-order valence-corrected chi connectivity index (χ2v) is 7.53. The highest BCUT2D eigenvalue weighted by molar-refractivity contribution is 6.30. The molecule has 0 unspecified atom stereocenters. The lowest BCUT2D eigenvalue weighted by molar-refractivity contribution is -0.125. The first kappa shape index (κ1) is 18.0. The van der Waals surface area contributed by atoms with E-state index in [4.69, 9.17) is 16.1 Å². The first-order valence-corrected chi connectivity index (χ1v) is 9.37. The van der Waals surface area contributed by atoms with Crippen LogP contribution in [0.1, 0.15) is 47.0 Å². The van der Waals surface area contributed by atoms with Crippen LogP contribution in [0.4, 0.5) is 0 Å². The maximum atomic E-state index is 12.8. The molecule has 2 heterocycles. The van der Waals surface area contributed by atoms with Gasteiger partial charge in [-0.15, -0.1) is 0 Å². The van der Waals surface area contributed by atoms with Crippen LogP contribution in [0.2, 0.25) is 5.02 Å². The van der Waals surface area contributed by atoms with Crippen molar-refractivity contribution >= 4 is 23.4 Å². The quantitative estimate of drug-likeness (QED) is 0.816. The van der Waals surface area contributed by atoms with Crippen LogP contribution in [0, 0.1) is 0 Å². The topological polar surface area (TPSA) is 95.7 Å². The number of halogens is 1. The molecule has 1 aromatic carbocycles. The standard InChI is InChI=1S/C19H20ClN3O4/c20-13-5-1-11(2-6-13)9-21-18(25)16-7-14(24)10-23(16)19(26)15-8-17(27-22-15)12-3-4-12/h1-2,5-6,8,12,14,16,24H,3-4,7,9-10H2,(H,21,25)/t14-,16+/m1/s1. The van der Waals surface area contributed by atoms with Gasteiger partial charge in [0, 0.05) is 36.5 Å². The average molecular weight is 390 g/mol. The van der Waals surface area contributed by atoms with Crippen LogP contribution in [0.5, 0.6) is 0 Å². The molecular weight excluding hydrogens is 370 g/mol. The minimum atomic E-state index is -0.741. The fourth-order valence-corrected chi connectivity index (χ4v) is 3.42. The van der Waals surface area contributed by atoms with Crippen LogP contribution in [0.15, 0.2) is 34.9 Å². The summed E-state index contributed by atoms with van der Waals surface area (Å²) in [4.78, 5) is 26.8. The normalized spacial score (nSPS) is 22.1. The maximum absolute atomic E-state index is 12.8. The van der Waals surface area contributed by atoms with E-state index in [2.05, 4.69) is 10.5 Å². The molecule has 1 saturated carbocycles. The molecule has 142 valence electrons. The third-order valence-corrected chi connectivity index (χ3v) is 5.20. The number of hydrogen-bond acceptors (Lipinski definition) is 5. The van der Waals surface area contributed by atoms with Gasteiger partial charge in [0.25, 0.3) is 5.91 Å². The number of carbonyl (C=O) groups excluding carboxylic acids is 2. The first-order valence-electron chi connectivity index (χ1n) is 8.99. The molecule has 2 N–H and O–H groups in total. The van der Waals surface area contributed by atoms with E-state index in [-0.39, 0.29) is 24.6 Å². The van der Waals surface area contributed by atoms with E-state index in [1.807, 2.05) is 12.1 Å². The van der Waals surface area contributed by atoms with Crippen molar-refractivity contribution in [1.82, 2.24) is 15.4 Å². The van der Waals surface area contributed by atoms with Crippen molar-refractivity contribution in [1.29, 1.82) is 0 Å². The number of rotatable bonds is 5. The smallest absolute Gasteiger partial charge is 0.276 e. The molecule has 2 amide bonds. The summed E-state index contributed by atoms with van der Waals surface area (Å²) >= 11 is 5.86. The molecule has 0 radical (unpaired) electrons. The SMILES string of the molecule is O=C(NCc1ccc(Cl)cc1)[C@@H]1C[C@@H](O)CN1C(=O)c1cc(C2CC2)on1. The van der Waals surface area contributed by atoms with Crippen LogP contribution in [0.25, 0.3) is 0 Å². The Hall–Kier alpha value is -2.38. The number of nitrogens with zero attached hydrogens (tertiary/aromatic N) is 2. The van der Waals surface area contributed by atoms with Gasteiger partial charge in [0.1, 0.15) is 11.8 Å². The molecule has 0 spiro atoms. The summed E-state index contributed by atoms with van der Waals surface area (Å²) in [6.45, 7) is 0.421. The molecule has 0 bridgehead atoms. The Labute approximate surface area is 161 Å². The van der Waals surface area contributed by atoms with Gasteiger partial charge in [-0.3, -0.25) is 9.59 Å². The van der Waals surface area contributed by atoms with Crippen molar-refractivity contribution in [2.45, 2.75) is 43.9 Å². The van der Waals surface area contributed by atoms with E-state index in [0.29, 0.717) is 23.2 Å². The Morgan fingerprint density at radius 3 is 2.74 bits per heavy atom. The Bertz CT molecular complexity index is 847. The molecular formula is C19H20ClN3O4. The molecule has 7 nitrogen and oxygen atoms in total. The van der Waals surface area contributed by atoms with Gasteiger partial charge in [-0.1, -0.05) is 28.9 Å². The Morgan fingerprint density at radius 1 is 1.30 bits per heavy atom. The molecule has 1 aliphatic carbocycles. The summed E-state index contributed by atoms with van der Waals surface area (Å²) in [6, 6.07) is 8.06. The zero-order valence-electron chi connectivity index (χ0n) is 14.6. The predicted molar refractivity (Wildman–Crippen MR) is 97.2 cm³/mol. The molecule has 2 fully saturated rings. The lowest BCUT2D eigenvalue weighted by Gasteiger charge is -2.22. The van der Waals surface area contributed by atoms with Crippen molar-refractivity contribution in [2.75, 3.05) is 6.54 Å². The second-order valence-electron chi connectivity index (χ2n) is 7.10. The third-order valence-electron chi connectivity index (χ3n) is 4.95. The zero-order chi connectivity index (χ0) is 19.0. The average Bonchev–Trinajstić information content (AvgIpc) is 3.26. The summed E-state index contributed by atoms with van der Waals surface area (Å²) in [6.07, 6.45) is 1.54. The number of aliphatic hydroxyl groups is 1. The number of nitrogens with one attached hydrogen (secondary N) is 1. The van der Waals surface area contributed by atoms with Crippen LogP contribution in [0.3, 0.4) is 0 Å². The number of aromatic nitrogens is 1. The summed E-state index contributed by atoms with van der Waals surface area (Å²) < 4.78 is 5.24. The number of amides is 2. The highest BCUT2D eigenvalue weighted by atomic mass is 35.5. The van der Waals surface area contributed by atoms with Gasteiger partial charge in [0.05, 0.1) is 6.10 Å². The molecule has 8 heteroatoms. The van der Waals surface area contributed by atoms with E-state index in [9.17, 15) is 14.7 Å². The third kappa shape index (κ3) is 3.99. The second kappa shape index (κ2) is 7.32. The zero-order valence-corrected chi connectivity index (χ0v) is 15.4. The lowest BCUT2D eigenvalue weighted by atomic mass is 10.1. The van der Waals surface area contributed by atoms with Crippen molar-refractivity contribution in [3.8, 4) is 0 Å². The van der Waals surface area contributed by atoms with Gasteiger partial charge in [-0.25, -0.2) is 0 Å². The molecule has 4 rings (SSSR count). The number of aliphatic hydroxyl groups excluding tert-OH is 1. The molecule has 1 aromatic heterocycles. The van der Waals surface area contributed by atoms with Crippen LogP contribution in [-0.4, -0.2) is 45.7 Å². The van der Waals surface area contributed by atoms with Gasteiger partial charge in [-0.05, 0) is 30.5 Å². The van der Waals surface area contributed by atoms with Gasteiger partial charge in [0.15, 0.2) is 5.69 Å². The van der Waals surface area contributed by atoms with E-state index >= 15 is 0 Å². The van der Waals surface area contributed by atoms with Gasteiger partial charge in [0.2, 0.25) is 5.91 Å². The number of benzene rings is 1. The van der Waals surface area contributed by atoms with Gasteiger partial charge < -0.3 is 19.8 Å². The van der Waals surface area contributed by atoms with E-state index < -0.39 is 18.1 Å². The molecule has 2 atom stereocenters. The predicted octanol–water partition coefficient (Wildman–Crippen LogP) is 2.10. The Kier molecular flexibility index (Phi) is 4.88. The molecule has 1 aliphatic heterocycles.